The molecule has 3 N–H and O–H groups in total. The van der Waals surface area contributed by atoms with Gasteiger partial charge in [0.05, 0.1) is 18.8 Å². The molecule has 0 amide bonds. The van der Waals surface area contributed by atoms with Gasteiger partial charge in [-0.15, -0.1) is 11.7 Å². The summed E-state index contributed by atoms with van der Waals surface area (Å²) in [4.78, 5) is 11.3. The van der Waals surface area contributed by atoms with Crippen LogP contribution >= 0.6 is 0 Å². The zero-order valence-corrected chi connectivity index (χ0v) is 11.6. The van der Waals surface area contributed by atoms with Crippen LogP contribution in [0.4, 0.5) is 5.69 Å². The van der Waals surface area contributed by atoms with Gasteiger partial charge in [-0.25, -0.2) is 9.48 Å². The van der Waals surface area contributed by atoms with Gasteiger partial charge in [-0.3, -0.25) is 0 Å². The van der Waals surface area contributed by atoms with Crippen LogP contribution in [0, 0.1) is 0 Å². The molecule has 2 rings (SSSR count). The third-order valence-corrected chi connectivity index (χ3v) is 2.82. The molecule has 1 aromatic carbocycles. The zero-order chi connectivity index (χ0) is 15.4. The summed E-state index contributed by atoms with van der Waals surface area (Å²) in [5.41, 5.74) is 7.22. The van der Waals surface area contributed by atoms with E-state index in [0.29, 0.717) is 35.8 Å². The predicted molar refractivity (Wildman–Crippen MR) is 78.2 cm³/mol. The van der Waals surface area contributed by atoms with Crippen molar-refractivity contribution in [2.24, 2.45) is 0 Å². The number of ether oxygens (including phenoxy) is 1. The molecule has 0 saturated carbocycles. The molecule has 0 atom stereocenters. The van der Waals surface area contributed by atoms with Gasteiger partial charge in [-0.1, -0.05) is 11.3 Å². The third kappa shape index (κ3) is 2.86. The summed E-state index contributed by atoms with van der Waals surface area (Å²) < 4.78 is 6.83. The Morgan fingerprint density at radius 2 is 2.33 bits per heavy atom. The molecule has 7 nitrogen and oxygen atoms in total. The highest BCUT2D eigenvalue weighted by Crippen LogP contribution is 2.30. The van der Waals surface area contributed by atoms with Crippen LogP contribution in [0.5, 0.6) is 5.75 Å². The Labute approximate surface area is 121 Å². The van der Waals surface area contributed by atoms with Gasteiger partial charge < -0.3 is 15.6 Å². The summed E-state index contributed by atoms with van der Waals surface area (Å²) in [5.74, 6) is -0.589. The molecule has 0 fully saturated rings. The lowest BCUT2D eigenvalue weighted by Gasteiger charge is -2.10. The van der Waals surface area contributed by atoms with Crippen LogP contribution in [0.25, 0.3) is 11.3 Å². The van der Waals surface area contributed by atoms with Gasteiger partial charge in [0.1, 0.15) is 11.4 Å². The van der Waals surface area contributed by atoms with Gasteiger partial charge in [-0.2, -0.15) is 0 Å². The van der Waals surface area contributed by atoms with Gasteiger partial charge in [-0.05, 0) is 25.1 Å². The molecule has 0 aliphatic rings. The Morgan fingerprint density at radius 3 is 2.90 bits per heavy atom. The minimum absolute atomic E-state index is 0.125. The number of aromatic carboxylic acids is 1. The molecule has 0 spiro atoms. The summed E-state index contributed by atoms with van der Waals surface area (Å²) in [6.07, 6.45) is 1.61. The molecular weight excluding hydrogens is 272 g/mol. The Hall–Kier alpha value is -2.83. The smallest absolute Gasteiger partial charge is 0.358 e. The first kappa shape index (κ1) is 14.6. The van der Waals surface area contributed by atoms with Crippen molar-refractivity contribution < 1.29 is 14.6 Å². The summed E-state index contributed by atoms with van der Waals surface area (Å²) in [6, 6.07) is 5.08. The van der Waals surface area contributed by atoms with Gasteiger partial charge in [0.25, 0.3) is 0 Å². The lowest BCUT2D eigenvalue weighted by atomic mass is 10.1. The van der Waals surface area contributed by atoms with Crippen molar-refractivity contribution in [3.63, 3.8) is 0 Å². The number of nitrogens with two attached hydrogens (primary N) is 1. The highest BCUT2D eigenvalue weighted by Gasteiger charge is 2.20. The number of carbonyl (C=O) groups is 1. The van der Waals surface area contributed by atoms with Crippen LogP contribution in [-0.2, 0) is 6.54 Å². The summed E-state index contributed by atoms with van der Waals surface area (Å²) in [5, 5.41) is 16.7. The van der Waals surface area contributed by atoms with E-state index in [1.54, 1.807) is 24.3 Å². The molecule has 110 valence electrons. The Bertz CT molecular complexity index is 679. The summed E-state index contributed by atoms with van der Waals surface area (Å²) in [7, 11) is 0. The maximum absolute atomic E-state index is 11.3. The van der Waals surface area contributed by atoms with Crippen molar-refractivity contribution in [1.82, 2.24) is 15.0 Å². The molecule has 7 heteroatoms. The summed E-state index contributed by atoms with van der Waals surface area (Å²) >= 11 is 0. The van der Waals surface area contributed by atoms with Gasteiger partial charge in [0.15, 0.2) is 5.69 Å². The van der Waals surface area contributed by atoms with Crippen LogP contribution in [0.2, 0.25) is 0 Å². The second-order valence-electron chi connectivity index (χ2n) is 4.25. The molecule has 21 heavy (non-hydrogen) atoms. The first-order valence-corrected chi connectivity index (χ1v) is 6.38. The van der Waals surface area contributed by atoms with Crippen molar-refractivity contribution in [2.45, 2.75) is 13.5 Å². The molecule has 0 bridgehead atoms. The predicted octanol–water partition coefficient (Wildman–Crippen LogP) is 1.81. The number of rotatable bonds is 6. The number of aromatic nitrogens is 3. The van der Waals surface area contributed by atoms with Crippen molar-refractivity contribution in [1.29, 1.82) is 0 Å². The summed E-state index contributed by atoms with van der Waals surface area (Å²) in [6.45, 7) is 6.33. The number of hydrogen-bond acceptors (Lipinski definition) is 5. The van der Waals surface area contributed by atoms with Crippen molar-refractivity contribution >= 4 is 11.7 Å². The number of benzene rings is 1. The van der Waals surface area contributed by atoms with E-state index in [2.05, 4.69) is 16.9 Å². The average Bonchev–Trinajstić information content (AvgIpc) is 2.86. The Kier molecular flexibility index (Phi) is 4.22. The van der Waals surface area contributed by atoms with E-state index in [0.717, 1.165) is 0 Å². The van der Waals surface area contributed by atoms with Crippen LogP contribution in [0.3, 0.4) is 0 Å². The molecule has 2 aromatic rings. The molecule has 0 aliphatic carbocycles. The molecule has 1 aromatic heterocycles. The number of allylic oxidation sites excluding steroid dienone is 1. The standard InChI is InChI=1S/C14H16N4O3/c1-3-7-18-13(12(14(19)20)16-17-18)9-5-6-11(21-4-2)10(15)8-9/h3,5-6,8H,1,4,7,15H2,2H3,(H,19,20). The number of anilines is 1. The Morgan fingerprint density at radius 1 is 1.57 bits per heavy atom. The molecular formula is C14H16N4O3. The molecule has 0 unspecified atom stereocenters. The lowest BCUT2D eigenvalue weighted by Crippen LogP contribution is -2.05. The van der Waals surface area contributed by atoms with E-state index in [4.69, 9.17) is 10.5 Å². The zero-order valence-electron chi connectivity index (χ0n) is 11.6. The highest BCUT2D eigenvalue weighted by molar-refractivity contribution is 5.93. The highest BCUT2D eigenvalue weighted by atomic mass is 16.5. The SMILES string of the molecule is C=CCn1nnc(C(=O)O)c1-c1ccc(OCC)c(N)c1. The fraction of sp³-hybridized carbons (Fsp3) is 0.214. The van der Waals surface area contributed by atoms with Crippen LogP contribution in [0.1, 0.15) is 17.4 Å². The van der Waals surface area contributed by atoms with E-state index >= 15 is 0 Å². The van der Waals surface area contributed by atoms with Gasteiger partial charge in [0, 0.05) is 5.56 Å². The molecule has 0 radical (unpaired) electrons. The average molecular weight is 288 g/mol. The minimum atomic E-state index is -1.15. The minimum Gasteiger partial charge on any atom is -0.492 e. The van der Waals surface area contributed by atoms with Crippen LogP contribution < -0.4 is 10.5 Å². The van der Waals surface area contributed by atoms with Crippen LogP contribution in [-0.4, -0.2) is 32.7 Å². The quantitative estimate of drug-likeness (QED) is 0.620. The number of carboxylic acids is 1. The maximum Gasteiger partial charge on any atom is 0.358 e. The normalized spacial score (nSPS) is 10.3. The number of hydrogen-bond donors (Lipinski definition) is 2. The number of nitrogen functional groups attached to an aromatic ring is 1. The fourth-order valence-corrected chi connectivity index (χ4v) is 1.98. The monoisotopic (exact) mass is 288 g/mol. The van der Waals surface area contributed by atoms with Gasteiger partial charge in [0.2, 0.25) is 0 Å². The van der Waals surface area contributed by atoms with Crippen molar-refractivity contribution in [3.05, 3.63) is 36.5 Å². The van der Waals surface area contributed by atoms with Crippen LogP contribution in [0.15, 0.2) is 30.9 Å². The third-order valence-electron chi connectivity index (χ3n) is 2.82. The second-order valence-corrected chi connectivity index (χ2v) is 4.25. The first-order valence-electron chi connectivity index (χ1n) is 6.38. The second kappa shape index (κ2) is 6.08. The maximum atomic E-state index is 11.3. The number of carboxylic acid groups (broad SMARTS) is 1. The molecule has 0 saturated heterocycles. The molecule has 1 heterocycles. The van der Waals surface area contributed by atoms with E-state index in [9.17, 15) is 9.90 Å². The number of nitrogens with zero attached hydrogens (tertiary/aromatic N) is 3. The lowest BCUT2D eigenvalue weighted by molar-refractivity contribution is 0.0691. The van der Waals surface area contributed by atoms with E-state index < -0.39 is 5.97 Å². The fourth-order valence-electron chi connectivity index (χ4n) is 1.98. The Balaban J connectivity index is 2.54. The van der Waals surface area contributed by atoms with E-state index in [1.165, 1.54) is 4.68 Å². The van der Waals surface area contributed by atoms with Gasteiger partial charge >= 0.3 is 5.97 Å². The topological polar surface area (TPSA) is 103 Å². The first-order chi connectivity index (χ1) is 10.1. The molecule has 0 aliphatic heterocycles. The van der Waals surface area contributed by atoms with E-state index in [1.807, 2.05) is 6.92 Å². The largest absolute Gasteiger partial charge is 0.492 e. The van der Waals surface area contributed by atoms with E-state index in [-0.39, 0.29) is 5.69 Å². The van der Waals surface area contributed by atoms with Crippen molar-refractivity contribution in [2.75, 3.05) is 12.3 Å². The van der Waals surface area contributed by atoms with Crippen molar-refractivity contribution in [3.8, 4) is 17.0 Å².